The number of hydrogen-bond acceptors (Lipinski definition) is 3. The average molecular weight is 413 g/mol. The lowest BCUT2D eigenvalue weighted by Crippen LogP contribution is -2.24. The van der Waals surface area contributed by atoms with Crippen LogP contribution in [0, 0.1) is 11.6 Å². The summed E-state index contributed by atoms with van der Waals surface area (Å²) in [7, 11) is 0. The third-order valence-corrected chi connectivity index (χ3v) is 5.36. The second-order valence-corrected chi connectivity index (χ2v) is 7.29. The molecular formula is C25H17F2N3O. The normalized spacial score (nSPS) is 11.3. The van der Waals surface area contributed by atoms with Crippen LogP contribution in [0.1, 0.15) is 5.69 Å². The molecule has 152 valence electrons. The molecule has 0 unspecified atom stereocenters. The van der Waals surface area contributed by atoms with Gasteiger partial charge in [-0.05, 0) is 23.8 Å². The Kier molecular flexibility index (Phi) is 4.75. The molecular weight excluding hydrogens is 396 g/mol. The number of aromatic nitrogens is 3. The van der Waals surface area contributed by atoms with Crippen LogP contribution in [0.2, 0.25) is 0 Å². The number of hydrogen-bond donors (Lipinski definition) is 0. The highest BCUT2D eigenvalue weighted by atomic mass is 19.2. The van der Waals surface area contributed by atoms with Gasteiger partial charge < -0.3 is 0 Å². The molecule has 5 aromatic rings. The van der Waals surface area contributed by atoms with Crippen molar-refractivity contribution >= 4 is 21.7 Å². The van der Waals surface area contributed by atoms with Crippen molar-refractivity contribution in [2.75, 3.05) is 0 Å². The Balaban J connectivity index is 1.55. The molecule has 3 aromatic carbocycles. The summed E-state index contributed by atoms with van der Waals surface area (Å²) in [5, 5.41) is 6.21. The van der Waals surface area contributed by atoms with Crippen molar-refractivity contribution in [2.45, 2.75) is 13.0 Å². The van der Waals surface area contributed by atoms with Crippen molar-refractivity contribution in [3.05, 3.63) is 107 Å². The molecule has 0 saturated carbocycles. The van der Waals surface area contributed by atoms with E-state index in [-0.39, 0.29) is 11.1 Å². The summed E-state index contributed by atoms with van der Waals surface area (Å²) < 4.78 is 29.6. The van der Waals surface area contributed by atoms with Crippen LogP contribution in [0.15, 0.2) is 83.8 Å². The van der Waals surface area contributed by atoms with Crippen molar-refractivity contribution in [1.29, 1.82) is 0 Å². The summed E-state index contributed by atoms with van der Waals surface area (Å²) in [6.07, 6.45) is 2.09. The first-order valence-corrected chi connectivity index (χ1v) is 9.90. The van der Waals surface area contributed by atoms with Gasteiger partial charge in [-0.15, -0.1) is 0 Å². The molecule has 2 aromatic heterocycles. The van der Waals surface area contributed by atoms with Gasteiger partial charge in [0.05, 0.1) is 23.6 Å². The van der Waals surface area contributed by atoms with Gasteiger partial charge in [-0.25, -0.2) is 13.5 Å². The fourth-order valence-corrected chi connectivity index (χ4v) is 3.79. The van der Waals surface area contributed by atoms with E-state index in [0.717, 1.165) is 22.7 Å². The number of para-hydroxylation sites is 1. The third-order valence-electron chi connectivity index (χ3n) is 5.36. The van der Waals surface area contributed by atoms with Crippen LogP contribution in [0.5, 0.6) is 0 Å². The monoisotopic (exact) mass is 413 g/mol. The Labute approximate surface area is 176 Å². The predicted molar refractivity (Wildman–Crippen MR) is 117 cm³/mol. The first-order chi connectivity index (χ1) is 15.1. The Bertz CT molecular complexity index is 1490. The second-order valence-electron chi connectivity index (χ2n) is 7.29. The van der Waals surface area contributed by atoms with E-state index in [2.05, 4.69) is 10.1 Å². The van der Waals surface area contributed by atoms with Crippen molar-refractivity contribution < 1.29 is 8.78 Å². The highest BCUT2D eigenvalue weighted by molar-refractivity contribution is 5.95. The highest BCUT2D eigenvalue weighted by Gasteiger charge is 2.15. The topological polar surface area (TPSA) is 47.8 Å². The summed E-state index contributed by atoms with van der Waals surface area (Å²) in [5.74, 6) is -1.93. The number of benzene rings is 3. The lowest BCUT2D eigenvalue weighted by atomic mass is 9.99. The smallest absolute Gasteiger partial charge is 0.267 e. The molecule has 5 rings (SSSR count). The minimum Gasteiger partial charge on any atom is -0.267 e. The molecule has 0 aliphatic carbocycles. The summed E-state index contributed by atoms with van der Waals surface area (Å²) in [6, 6.07) is 20.8. The SMILES string of the molecule is O=c1c2c(-c3cccc(F)c3F)cccc2cnn1CCc1ccc2ccccc2n1. The van der Waals surface area contributed by atoms with Crippen LogP contribution < -0.4 is 5.56 Å². The average Bonchev–Trinajstić information content (AvgIpc) is 2.80. The van der Waals surface area contributed by atoms with Gasteiger partial charge in [0.15, 0.2) is 11.6 Å². The zero-order valence-electron chi connectivity index (χ0n) is 16.4. The standard InChI is InChI=1S/C25H17F2N3O/c26-21-9-4-8-20(24(21)27)19-7-3-6-17-15-28-30(25(31)23(17)19)14-13-18-12-11-16-5-1-2-10-22(16)29-18/h1-12,15H,13-14H2. The lowest BCUT2D eigenvalue weighted by Gasteiger charge is -2.11. The Morgan fingerprint density at radius 2 is 1.58 bits per heavy atom. The highest BCUT2D eigenvalue weighted by Crippen LogP contribution is 2.29. The molecule has 4 nitrogen and oxygen atoms in total. The lowest BCUT2D eigenvalue weighted by molar-refractivity contribution is 0.511. The summed E-state index contributed by atoms with van der Waals surface area (Å²) in [4.78, 5) is 17.9. The molecule has 0 spiro atoms. The first kappa shape index (κ1) is 19.1. The first-order valence-electron chi connectivity index (χ1n) is 9.90. The van der Waals surface area contributed by atoms with Crippen LogP contribution in [0.25, 0.3) is 32.8 Å². The number of aryl methyl sites for hydroxylation is 2. The van der Waals surface area contributed by atoms with Gasteiger partial charge in [0.25, 0.3) is 5.56 Å². The molecule has 31 heavy (non-hydrogen) atoms. The van der Waals surface area contributed by atoms with Gasteiger partial charge in [0, 0.05) is 28.5 Å². The molecule has 0 saturated heterocycles. The number of rotatable bonds is 4. The van der Waals surface area contributed by atoms with Gasteiger partial charge in [0.2, 0.25) is 0 Å². The zero-order chi connectivity index (χ0) is 21.4. The maximum absolute atomic E-state index is 14.4. The van der Waals surface area contributed by atoms with Crippen LogP contribution >= 0.6 is 0 Å². The molecule has 0 amide bonds. The molecule has 2 heterocycles. The minimum absolute atomic E-state index is 0.0524. The molecule has 0 radical (unpaired) electrons. The van der Waals surface area contributed by atoms with E-state index in [9.17, 15) is 13.6 Å². The van der Waals surface area contributed by atoms with E-state index in [1.54, 1.807) is 24.4 Å². The zero-order valence-corrected chi connectivity index (χ0v) is 16.4. The van der Waals surface area contributed by atoms with Crippen molar-refractivity contribution in [3.8, 4) is 11.1 Å². The molecule has 6 heteroatoms. The molecule has 0 fully saturated rings. The quantitative estimate of drug-likeness (QED) is 0.410. The summed E-state index contributed by atoms with van der Waals surface area (Å²) >= 11 is 0. The van der Waals surface area contributed by atoms with Crippen LogP contribution in [0.4, 0.5) is 8.78 Å². The predicted octanol–water partition coefficient (Wildman–Crippen LogP) is 5.13. The van der Waals surface area contributed by atoms with E-state index in [4.69, 9.17) is 0 Å². The van der Waals surface area contributed by atoms with Gasteiger partial charge in [-0.3, -0.25) is 9.78 Å². The molecule has 0 bridgehead atoms. The van der Waals surface area contributed by atoms with Crippen LogP contribution in [0.3, 0.4) is 0 Å². The van der Waals surface area contributed by atoms with Crippen LogP contribution in [-0.4, -0.2) is 14.8 Å². The number of fused-ring (bicyclic) bond motifs is 2. The van der Waals surface area contributed by atoms with Gasteiger partial charge in [-0.1, -0.05) is 54.6 Å². The molecule has 0 aliphatic heterocycles. The van der Waals surface area contributed by atoms with Gasteiger partial charge in [0.1, 0.15) is 0 Å². The van der Waals surface area contributed by atoms with E-state index in [1.165, 1.54) is 16.8 Å². The summed E-state index contributed by atoms with van der Waals surface area (Å²) in [6.45, 7) is 0.320. The summed E-state index contributed by atoms with van der Waals surface area (Å²) in [5.41, 5.74) is 1.79. The third kappa shape index (κ3) is 3.46. The fraction of sp³-hybridized carbons (Fsp3) is 0.0800. The van der Waals surface area contributed by atoms with Crippen molar-refractivity contribution in [3.63, 3.8) is 0 Å². The number of halogens is 2. The Hall–Kier alpha value is -3.93. The van der Waals surface area contributed by atoms with E-state index in [1.807, 2.05) is 36.4 Å². The molecule has 0 atom stereocenters. The maximum atomic E-state index is 14.4. The molecule has 0 aliphatic rings. The molecule has 0 N–H and O–H groups in total. The van der Waals surface area contributed by atoms with E-state index < -0.39 is 11.6 Å². The Morgan fingerprint density at radius 3 is 2.48 bits per heavy atom. The minimum atomic E-state index is -0.974. The largest absolute Gasteiger partial charge is 0.275 e. The number of pyridine rings is 1. The van der Waals surface area contributed by atoms with Crippen LogP contribution in [-0.2, 0) is 13.0 Å². The Morgan fingerprint density at radius 1 is 0.806 bits per heavy atom. The van der Waals surface area contributed by atoms with Crippen molar-refractivity contribution in [2.24, 2.45) is 0 Å². The van der Waals surface area contributed by atoms with Gasteiger partial charge >= 0.3 is 0 Å². The van der Waals surface area contributed by atoms with Crippen molar-refractivity contribution in [1.82, 2.24) is 14.8 Å². The maximum Gasteiger partial charge on any atom is 0.275 e. The van der Waals surface area contributed by atoms with E-state index >= 15 is 0 Å². The number of nitrogens with zero attached hydrogens (tertiary/aromatic N) is 3. The second kappa shape index (κ2) is 7.72. The van der Waals surface area contributed by atoms with Gasteiger partial charge in [-0.2, -0.15) is 5.10 Å². The fourth-order valence-electron chi connectivity index (χ4n) is 3.79. The van der Waals surface area contributed by atoms with E-state index in [0.29, 0.717) is 29.3 Å².